The van der Waals surface area contributed by atoms with E-state index < -0.39 is 0 Å². The van der Waals surface area contributed by atoms with Crippen molar-refractivity contribution < 1.29 is 4.79 Å². The monoisotopic (exact) mass is 265 g/mol. The Kier molecular flexibility index (Phi) is 3.47. The second-order valence-electron chi connectivity index (χ2n) is 3.81. The fraction of sp³-hybridized carbons (Fsp3) is 0.182. The summed E-state index contributed by atoms with van der Waals surface area (Å²) in [5.74, 6) is 0.263. The highest BCUT2D eigenvalue weighted by Gasteiger charge is 2.15. The largest absolute Gasteiger partial charge is 0.399 e. The molecule has 1 aromatic carbocycles. The molecule has 1 atom stereocenters. The number of anilines is 1. The first-order chi connectivity index (χ1) is 8.58. The molecule has 0 saturated heterocycles. The van der Waals surface area contributed by atoms with Gasteiger partial charge in [-0.1, -0.05) is 11.6 Å². The highest BCUT2D eigenvalue weighted by atomic mass is 35.5. The van der Waals surface area contributed by atoms with Gasteiger partial charge < -0.3 is 11.1 Å². The van der Waals surface area contributed by atoms with E-state index in [1.165, 1.54) is 12.4 Å². The number of amides is 1. The lowest BCUT2D eigenvalue weighted by Crippen LogP contribution is -2.27. The molecule has 18 heavy (non-hydrogen) atoms. The Morgan fingerprint density at radius 2 is 2.33 bits per heavy atom. The summed E-state index contributed by atoms with van der Waals surface area (Å²) in [6.07, 6.45) is 1.38. The normalized spacial score (nSPS) is 12.1. The van der Waals surface area contributed by atoms with Gasteiger partial charge in [-0.25, -0.2) is 4.98 Å². The van der Waals surface area contributed by atoms with E-state index in [1.54, 1.807) is 19.1 Å². The summed E-state index contributed by atoms with van der Waals surface area (Å²) in [6, 6.07) is 4.46. The number of benzene rings is 1. The molecule has 7 heteroatoms. The van der Waals surface area contributed by atoms with Gasteiger partial charge in [0, 0.05) is 5.69 Å². The predicted molar refractivity (Wildman–Crippen MR) is 68.1 cm³/mol. The molecule has 0 fully saturated rings. The summed E-state index contributed by atoms with van der Waals surface area (Å²) >= 11 is 5.95. The fourth-order valence-corrected chi connectivity index (χ4v) is 1.69. The Balaban J connectivity index is 2.15. The Morgan fingerprint density at radius 1 is 1.56 bits per heavy atom. The van der Waals surface area contributed by atoms with Crippen LogP contribution in [0.4, 0.5) is 5.69 Å². The summed E-state index contributed by atoms with van der Waals surface area (Å²) in [4.78, 5) is 16.0. The number of nitrogen functional groups attached to an aromatic ring is 1. The van der Waals surface area contributed by atoms with Gasteiger partial charge in [-0.2, -0.15) is 5.10 Å². The Bertz CT molecular complexity index is 555. The van der Waals surface area contributed by atoms with Crippen molar-refractivity contribution in [3.63, 3.8) is 0 Å². The lowest BCUT2D eigenvalue weighted by molar-refractivity contribution is 0.0938. The van der Waals surface area contributed by atoms with E-state index in [2.05, 4.69) is 20.5 Å². The lowest BCUT2D eigenvalue weighted by Gasteiger charge is -2.12. The van der Waals surface area contributed by atoms with Crippen molar-refractivity contribution in [2.45, 2.75) is 13.0 Å². The van der Waals surface area contributed by atoms with E-state index in [4.69, 9.17) is 17.3 Å². The average Bonchev–Trinajstić information content (AvgIpc) is 2.85. The van der Waals surface area contributed by atoms with E-state index in [0.29, 0.717) is 22.1 Å². The Hall–Kier alpha value is -2.08. The van der Waals surface area contributed by atoms with E-state index in [1.807, 2.05) is 0 Å². The molecule has 0 saturated carbocycles. The van der Waals surface area contributed by atoms with Gasteiger partial charge in [-0.3, -0.25) is 9.89 Å². The second kappa shape index (κ2) is 5.05. The van der Waals surface area contributed by atoms with Gasteiger partial charge in [0.15, 0.2) is 0 Å². The third-order valence-electron chi connectivity index (χ3n) is 2.43. The number of hydrogen-bond acceptors (Lipinski definition) is 4. The van der Waals surface area contributed by atoms with Gasteiger partial charge >= 0.3 is 0 Å². The van der Waals surface area contributed by atoms with Gasteiger partial charge in [0.25, 0.3) is 5.91 Å². The summed E-state index contributed by atoms with van der Waals surface area (Å²) in [6.45, 7) is 1.79. The molecule has 1 unspecified atom stereocenters. The zero-order chi connectivity index (χ0) is 13.1. The van der Waals surface area contributed by atoms with Crippen LogP contribution in [0.1, 0.15) is 29.1 Å². The van der Waals surface area contributed by atoms with Crippen molar-refractivity contribution in [2.24, 2.45) is 0 Å². The molecular formula is C11H12ClN5O. The summed E-state index contributed by atoms with van der Waals surface area (Å²) in [5.41, 5.74) is 6.44. The molecule has 2 aromatic rings. The smallest absolute Gasteiger partial charge is 0.253 e. The van der Waals surface area contributed by atoms with E-state index in [-0.39, 0.29) is 11.9 Å². The molecule has 0 radical (unpaired) electrons. The zero-order valence-electron chi connectivity index (χ0n) is 9.64. The molecule has 94 valence electrons. The Labute approximate surface area is 109 Å². The van der Waals surface area contributed by atoms with Crippen LogP contribution in [0.25, 0.3) is 0 Å². The van der Waals surface area contributed by atoms with Crippen molar-refractivity contribution >= 4 is 23.2 Å². The number of nitrogens with zero attached hydrogens (tertiary/aromatic N) is 2. The first-order valence-electron chi connectivity index (χ1n) is 5.29. The fourth-order valence-electron chi connectivity index (χ4n) is 1.48. The first kappa shape index (κ1) is 12.4. The summed E-state index contributed by atoms with van der Waals surface area (Å²) < 4.78 is 0. The number of hydrogen-bond donors (Lipinski definition) is 3. The van der Waals surface area contributed by atoms with Gasteiger partial charge in [-0.05, 0) is 25.1 Å². The van der Waals surface area contributed by atoms with Gasteiger partial charge in [0.2, 0.25) is 0 Å². The highest BCUT2D eigenvalue weighted by Crippen LogP contribution is 2.19. The number of aromatic nitrogens is 3. The number of carbonyl (C=O) groups is 1. The van der Waals surface area contributed by atoms with Crippen LogP contribution < -0.4 is 11.1 Å². The minimum Gasteiger partial charge on any atom is -0.399 e. The van der Waals surface area contributed by atoms with Crippen LogP contribution in [-0.2, 0) is 0 Å². The number of aromatic amines is 1. The van der Waals surface area contributed by atoms with Crippen LogP contribution in [0.2, 0.25) is 5.02 Å². The molecule has 0 aliphatic carbocycles. The quantitative estimate of drug-likeness (QED) is 0.733. The molecule has 0 aliphatic heterocycles. The highest BCUT2D eigenvalue weighted by molar-refractivity contribution is 6.34. The maximum Gasteiger partial charge on any atom is 0.253 e. The number of H-pyrrole nitrogens is 1. The molecule has 1 heterocycles. The summed E-state index contributed by atoms with van der Waals surface area (Å²) in [7, 11) is 0. The molecule has 1 aromatic heterocycles. The maximum atomic E-state index is 12.0. The molecule has 6 nitrogen and oxygen atoms in total. The molecule has 4 N–H and O–H groups in total. The predicted octanol–water partition coefficient (Wildman–Crippen LogP) is 1.53. The number of carbonyl (C=O) groups excluding carboxylic acids is 1. The van der Waals surface area contributed by atoms with Gasteiger partial charge in [0.1, 0.15) is 12.2 Å². The molecule has 0 spiro atoms. The first-order valence-corrected chi connectivity index (χ1v) is 5.67. The Morgan fingerprint density at radius 3 is 3.00 bits per heavy atom. The van der Waals surface area contributed by atoms with E-state index in [0.717, 1.165) is 0 Å². The number of nitrogens with two attached hydrogens (primary N) is 1. The van der Waals surface area contributed by atoms with Crippen LogP contribution in [0.5, 0.6) is 0 Å². The van der Waals surface area contributed by atoms with Crippen LogP contribution in [0.3, 0.4) is 0 Å². The standard InChI is InChI=1S/C11H12ClN5O/c1-6(10-14-5-15-17-10)16-11(18)8-4-7(13)2-3-9(8)12/h2-6H,13H2,1H3,(H,16,18)(H,14,15,17). The average molecular weight is 266 g/mol. The van der Waals surface area contributed by atoms with Crippen molar-refractivity contribution in [1.29, 1.82) is 0 Å². The number of halogens is 1. The van der Waals surface area contributed by atoms with Crippen molar-refractivity contribution in [3.05, 3.63) is 40.9 Å². The minimum absolute atomic E-state index is 0.294. The minimum atomic E-state index is -0.309. The third kappa shape index (κ3) is 2.60. The molecule has 0 bridgehead atoms. The molecule has 0 aliphatic rings. The van der Waals surface area contributed by atoms with Crippen molar-refractivity contribution in [2.75, 3.05) is 5.73 Å². The van der Waals surface area contributed by atoms with Crippen LogP contribution in [-0.4, -0.2) is 21.1 Å². The van der Waals surface area contributed by atoms with Crippen molar-refractivity contribution in [3.8, 4) is 0 Å². The van der Waals surface area contributed by atoms with Crippen LogP contribution in [0.15, 0.2) is 24.5 Å². The number of rotatable bonds is 3. The lowest BCUT2D eigenvalue weighted by atomic mass is 10.1. The van der Waals surface area contributed by atoms with Gasteiger partial charge in [0.05, 0.1) is 16.6 Å². The number of nitrogens with one attached hydrogen (secondary N) is 2. The van der Waals surface area contributed by atoms with Gasteiger partial charge in [-0.15, -0.1) is 0 Å². The van der Waals surface area contributed by atoms with E-state index in [9.17, 15) is 4.79 Å². The zero-order valence-corrected chi connectivity index (χ0v) is 10.4. The van der Waals surface area contributed by atoms with Crippen LogP contribution >= 0.6 is 11.6 Å². The topological polar surface area (TPSA) is 96.7 Å². The second-order valence-corrected chi connectivity index (χ2v) is 4.21. The molecular weight excluding hydrogens is 254 g/mol. The molecule has 1 amide bonds. The molecule has 2 rings (SSSR count). The van der Waals surface area contributed by atoms with Crippen molar-refractivity contribution in [1.82, 2.24) is 20.5 Å². The maximum absolute atomic E-state index is 12.0. The van der Waals surface area contributed by atoms with Crippen LogP contribution in [0, 0.1) is 0 Å². The SMILES string of the molecule is CC(NC(=O)c1cc(N)ccc1Cl)c1ncn[nH]1. The summed E-state index contributed by atoms with van der Waals surface area (Å²) in [5, 5.41) is 9.51. The third-order valence-corrected chi connectivity index (χ3v) is 2.76. The van der Waals surface area contributed by atoms with E-state index >= 15 is 0 Å².